The first-order valence-electron chi connectivity index (χ1n) is 5.36. The van der Waals surface area contributed by atoms with Gasteiger partial charge in [-0.2, -0.15) is 0 Å². The van der Waals surface area contributed by atoms with Crippen molar-refractivity contribution in [3.05, 3.63) is 29.8 Å². The summed E-state index contributed by atoms with van der Waals surface area (Å²) in [7, 11) is 0. The first-order chi connectivity index (χ1) is 8.16. The third-order valence-electron chi connectivity index (χ3n) is 2.97. The molecule has 3 rings (SSSR count). The number of carboxylic acids is 1. The van der Waals surface area contributed by atoms with Gasteiger partial charge in [0.1, 0.15) is 11.8 Å². The third kappa shape index (κ3) is 1.46. The topological polar surface area (TPSA) is 68.1 Å². The lowest BCUT2D eigenvalue weighted by atomic mass is 9.94. The number of benzene rings is 1. The van der Waals surface area contributed by atoms with Gasteiger partial charge in [-0.1, -0.05) is 18.2 Å². The smallest absolute Gasteiger partial charge is 0.348 e. The molecule has 0 spiro atoms. The molecule has 0 radical (unpaired) electrons. The number of carbonyl (C=O) groups is 1. The van der Waals surface area contributed by atoms with E-state index in [1.807, 2.05) is 18.2 Å². The molecular weight excluding hydrogens is 222 g/mol. The lowest BCUT2D eigenvalue weighted by Gasteiger charge is -2.31. The largest absolute Gasteiger partial charge is 0.478 e. The highest BCUT2D eigenvalue weighted by Crippen LogP contribution is 2.41. The second-order valence-electron chi connectivity index (χ2n) is 4.09. The molecule has 2 aliphatic heterocycles. The van der Waals surface area contributed by atoms with E-state index in [1.54, 1.807) is 13.0 Å². The maximum absolute atomic E-state index is 11.2. The Labute approximate surface area is 97.7 Å². The maximum Gasteiger partial charge on any atom is 0.348 e. The highest BCUT2D eigenvalue weighted by molar-refractivity contribution is 5.80. The molecule has 0 bridgehead atoms. The summed E-state index contributed by atoms with van der Waals surface area (Å²) in [6.07, 6.45) is -1.57. The molecule has 0 saturated carbocycles. The van der Waals surface area contributed by atoms with Crippen LogP contribution in [0.15, 0.2) is 29.3 Å². The number of fused-ring (bicyclic) bond motifs is 3. The van der Waals surface area contributed by atoms with E-state index in [0.717, 1.165) is 5.56 Å². The predicted octanol–water partition coefficient (Wildman–Crippen LogP) is 1.39. The van der Waals surface area contributed by atoms with E-state index in [2.05, 4.69) is 4.99 Å². The Bertz CT molecular complexity index is 511. The van der Waals surface area contributed by atoms with Crippen molar-refractivity contribution in [2.45, 2.75) is 25.2 Å². The summed E-state index contributed by atoms with van der Waals surface area (Å²) in [4.78, 5) is 15.5. The molecular formula is C12H11NO4. The van der Waals surface area contributed by atoms with Gasteiger partial charge < -0.3 is 14.6 Å². The summed E-state index contributed by atoms with van der Waals surface area (Å²) in [5.41, 5.74) is 0.881. The summed E-state index contributed by atoms with van der Waals surface area (Å²) in [5.74, 6) is 0.0501. The summed E-state index contributed by atoms with van der Waals surface area (Å²) >= 11 is 0. The first kappa shape index (κ1) is 10.1. The first-order valence-corrected chi connectivity index (χ1v) is 5.36. The van der Waals surface area contributed by atoms with Crippen molar-refractivity contribution in [3.8, 4) is 5.75 Å². The number of para-hydroxylation sites is 1. The fourth-order valence-corrected chi connectivity index (χ4v) is 2.26. The molecule has 2 aliphatic rings. The van der Waals surface area contributed by atoms with Crippen LogP contribution < -0.4 is 4.74 Å². The number of ether oxygens (including phenoxy) is 2. The van der Waals surface area contributed by atoms with Gasteiger partial charge in [0, 0.05) is 12.5 Å². The molecule has 2 heterocycles. The Balaban J connectivity index is 2.09. The summed E-state index contributed by atoms with van der Waals surface area (Å²) < 4.78 is 10.9. The number of aliphatic carboxylic acids is 1. The SMILES string of the molecule is CC1=NC2c3ccccc3OC(C(=O)O)C2O1. The maximum atomic E-state index is 11.2. The number of hydrogen-bond acceptors (Lipinski definition) is 4. The van der Waals surface area contributed by atoms with Gasteiger partial charge in [0.2, 0.25) is 6.10 Å². The third-order valence-corrected chi connectivity index (χ3v) is 2.97. The van der Waals surface area contributed by atoms with Gasteiger partial charge in [-0.3, -0.25) is 0 Å². The molecule has 5 nitrogen and oxygen atoms in total. The second-order valence-corrected chi connectivity index (χ2v) is 4.09. The van der Waals surface area contributed by atoms with Crippen LogP contribution in [-0.4, -0.2) is 29.2 Å². The molecule has 1 aromatic carbocycles. The fraction of sp³-hybridized carbons (Fsp3) is 0.333. The van der Waals surface area contributed by atoms with Crippen molar-refractivity contribution in [1.82, 2.24) is 0 Å². The van der Waals surface area contributed by atoms with Crippen LogP contribution in [0.1, 0.15) is 18.5 Å². The number of hydrogen-bond donors (Lipinski definition) is 1. The van der Waals surface area contributed by atoms with Gasteiger partial charge in [-0.15, -0.1) is 0 Å². The second kappa shape index (κ2) is 3.48. The predicted molar refractivity (Wildman–Crippen MR) is 59.2 cm³/mol. The van der Waals surface area contributed by atoms with Gasteiger partial charge in [0.15, 0.2) is 12.0 Å². The fourth-order valence-electron chi connectivity index (χ4n) is 2.26. The van der Waals surface area contributed by atoms with Crippen LogP contribution in [0.3, 0.4) is 0 Å². The molecule has 88 valence electrons. The van der Waals surface area contributed by atoms with E-state index in [0.29, 0.717) is 11.6 Å². The molecule has 3 unspecified atom stereocenters. The number of carboxylic acid groups (broad SMARTS) is 1. The molecule has 5 heteroatoms. The Hall–Kier alpha value is -2.04. The lowest BCUT2D eigenvalue weighted by Crippen LogP contribution is -2.45. The zero-order valence-corrected chi connectivity index (χ0v) is 9.16. The molecule has 0 amide bonds. The van der Waals surface area contributed by atoms with Gasteiger partial charge in [0.25, 0.3) is 0 Å². The van der Waals surface area contributed by atoms with Crippen molar-refractivity contribution in [1.29, 1.82) is 0 Å². The molecule has 17 heavy (non-hydrogen) atoms. The van der Waals surface area contributed by atoms with E-state index >= 15 is 0 Å². The average molecular weight is 233 g/mol. The zero-order chi connectivity index (χ0) is 12.0. The van der Waals surface area contributed by atoms with Crippen molar-refractivity contribution in [2.75, 3.05) is 0 Å². The minimum atomic E-state index is -1.03. The zero-order valence-electron chi connectivity index (χ0n) is 9.16. The normalized spacial score (nSPS) is 29.5. The summed E-state index contributed by atoms with van der Waals surface area (Å²) in [6, 6.07) is 7.05. The standard InChI is InChI=1S/C12H11NO4/c1-6-13-9-7-4-2-3-5-8(7)17-11(12(14)15)10(9)16-6/h2-5,9-11H,1H3,(H,14,15). The Morgan fingerprint density at radius 1 is 1.35 bits per heavy atom. The van der Waals surface area contributed by atoms with Crippen molar-refractivity contribution in [2.24, 2.45) is 4.99 Å². The monoisotopic (exact) mass is 233 g/mol. The molecule has 3 atom stereocenters. The number of nitrogens with zero attached hydrogens (tertiary/aromatic N) is 1. The van der Waals surface area contributed by atoms with Gasteiger partial charge in [-0.25, -0.2) is 9.79 Å². The van der Waals surface area contributed by atoms with Crippen LogP contribution in [-0.2, 0) is 9.53 Å². The Morgan fingerprint density at radius 3 is 2.88 bits per heavy atom. The van der Waals surface area contributed by atoms with E-state index in [9.17, 15) is 4.79 Å². The molecule has 0 fully saturated rings. The van der Waals surface area contributed by atoms with Crippen molar-refractivity contribution >= 4 is 11.9 Å². The molecule has 0 aliphatic carbocycles. The van der Waals surface area contributed by atoms with Crippen LogP contribution in [0.5, 0.6) is 5.75 Å². The van der Waals surface area contributed by atoms with Crippen LogP contribution in [0.4, 0.5) is 0 Å². The van der Waals surface area contributed by atoms with Crippen LogP contribution >= 0.6 is 0 Å². The Morgan fingerprint density at radius 2 is 2.12 bits per heavy atom. The Kier molecular flexibility index (Phi) is 2.07. The quantitative estimate of drug-likeness (QED) is 0.795. The van der Waals surface area contributed by atoms with Gasteiger partial charge in [0.05, 0.1) is 0 Å². The van der Waals surface area contributed by atoms with Crippen molar-refractivity contribution in [3.63, 3.8) is 0 Å². The minimum Gasteiger partial charge on any atom is -0.478 e. The van der Waals surface area contributed by atoms with Crippen LogP contribution in [0.25, 0.3) is 0 Å². The minimum absolute atomic E-state index is 0.277. The highest BCUT2D eigenvalue weighted by Gasteiger charge is 2.47. The van der Waals surface area contributed by atoms with E-state index in [1.165, 1.54) is 0 Å². The van der Waals surface area contributed by atoms with Gasteiger partial charge in [-0.05, 0) is 6.07 Å². The molecule has 1 N–H and O–H groups in total. The van der Waals surface area contributed by atoms with E-state index < -0.39 is 18.2 Å². The average Bonchev–Trinajstić information content (AvgIpc) is 2.69. The van der Waals surface area contributed by atoms with Crippen LogP contribution in [0.2, 0.25) is 0 Å². The number of aliphatic imine (C=N–C) groups is 1. The number of rotatable bonds is 1. The van der Waals surface area contributed by atoms with Crippen molar-refractivity contribution < 1.29 is 19.4 Å². The molecule has 0 saturated heterocycles. The van der Waals surface area contributed by atoms with Crippen LogP contribution in [0, 0.1) is 0 Å². The molecule has 1 aromatic rings. The van der Waals surface area contributed by atoms with E-state index in [4.69, 9.17) is 14.6 Å². The summed E-state index contributed by atoms with van der Waals surface area (Å²) in [6.45, 7) is 1.72. The summed E-state index contributed by atoms with van der Waals surface area (Å²) in [5, 5.41) is 9.14. The molecule has 0 aromatic heterocycles. The van der Waals surface area contributed by atoms with Gasteiger partial charge >= 0.3 is 5.97 Å². The highest BCUT2D eigenvalue weighted by atomic mass is 16.6. The lowest BCUT2D eigenvalue weighted by molar-refractivity contribution is -0.151. The van der Waals surface area contributed by atoms with E-state index in [-0.39, 0.29) is 6.04 Å².